The van der Waals surface area contributed by atoms with Gasteiger partial charge in [0.2, 0.25) is 0 Å². The lowest BCUT2D eigenvalue weighted by atomic mass is 10.0. The van der Waals surface area contributed by atoms with Crippen molar-refractivity contribution >= 4 is 16.8 Å². The summed E-state index contributed by atoms with van der Waals surface area (Å²) in [6.45, 7) is 2.23. The molecular weight excluding hydrogens is 260 g/mol. The van der Waals surface area contributed by atoms with Gasteiger partial charge < -0.3 is 0 Å². The molecule has 0 spiro atoms. The molecule has 112 valence electrons. The van der Waals surface area contributed by atoms with Crippen molar-refractivity contribution in [3.63, 3.8) is 0 Å². The number of aromatic nitrogens is 2. The standard InChI is InChI=1S/C18H24N2O/c1-2-3-4-5-6-7-8-12-17(21)15-10-9-11-16-18(15)20-14-13-19-16/h9-11,13-14H,2-8,12H2,1H3. The smallest absolute Gasteiger partial charge is 0.165 e. The van der Waals surface area contributed by atoms with Crippen molar-refractivity contribution in [2.75, 3.05) is 0 Å². The Kier molecular flexibility index (Phi) is 6.32. The van der Waals surface area contributed by atoms with Crippen LogP contribution >= 0.6 is 0 Å². The maximum absolute atomic E-state index is 12.3. The molecule has 1 aromatic carbocycles. The predicted octanol–water partition coefficient (Wildman–Crippen LogP) is 4.95. The first-order valence-corrected chi connectivity index (χ1v) is 8.06. The maximum atomic E-state index is 12.3. The van der Waals surface area contributed by atoms with Crippen LogP contribution in [-0.2, 0) is 0 Å². The molecular formula is C18H24N2O. The van der Waals surface area contributed by atoms with E-state index in [9.17, 15) is 4.79 Å². The summed E-state index contributed by atoms with van der Waals surface area (Å²) in [4.78, 5) is 20.9. The number of Topliss-reactive ketones (excluding diaryl/α,β-unsaturated/α-hetero) is 1. The van der Waals surface area contributed by atoms with Gasteiger partial charge in [-0.2, -0.15) is 0 Å². The first-order chi connectivity index (χ1) is 10.3. The van der Waals surface area contributed by atoms with E-state index >= 15 is 0 Å². The Hall–Kier alpha value is -1.77. The first kappa shape index (κ1) is 15.6. The molecule has 0 amide bonds. The van der Waals surface area contributed by atoms with Gasteiger partial charge in [0, 0.05) is 24.4 Å². The molecule has 0 atom stereocenters. The van der Waals surface area contributed by atoms with Crippen molar-refractivity contribution in [2.24, 2.45) is 0 Å². The fourth-order valence-electron chi connectivity index (χ4n) is 2.60. The SMILES string of the molecule is CCCCCCCCCC(=O)c1cccc2nccnc12. The minimum atomic E-state index is 0.189. The van der Waals surface area contributed by atoms with Crippen LogP contribution in [0, 0.1) is 0 Å². The van der Waals surface area contributed by atoms with Gasteiger partial charge in [0.1, 0.15) is 0 Å². The van der Waals surface area contributed by atoms with Crippen LogP contribution in [0.25, 0.3) is 11.0 Å². The topological polar surface area (TPSA) is 42.9 Å². The zero-order valence-electron chi connectivity index (χ0n) is 12.8. The summed E-state index contributed by atoms with van der Waals surface area (Å²) in [6.07, 6.45) is 12.5. The highest BCUT2D eigenvalue weighted by Crippen LogP contribution is 2.17. The normalized spacial score (nSPS) is 10.9. The number of para-hydroxylation sites is 1. The molecule has 0 fully saturated rings. The fourth-order valence-corrected chi connectivity index (χ4v) is 2.60. The van der Waals surface area contributed by atoms with Gasteiger partial charge in [0.05, 0.1) is 11.0 Å². The zero-order chi connectivity index (χ0) is 14.9. The van der Waals surface area contributed by atoms with Crippen LogP contribution in [0.4, 0.5) is 0 Å². The highest BCUT2D eigenvalue weighted by atomic mass is 16.1. The van der Waals surface area contributed by atoms with Gasteiger partial charge in [-0.15, -0.1) is 0 Å². The van der Waals surface area contributed by atoms with E-state index in [-0.39, 0.29) is 5.78 Å². The van der Waals surface area contributed by atoms with Crippen LogP contribution in [0.3, 0.4) is 0 Å². The Morgan fingerprint density at radius 1 is 0.952 bits per heavy atom. The van der Waals surface area contributed by atoms with E-state index < -0.39 is 0 Å². The molecule has 0 saturated carbocycles. The summed E-state index contributed by atoms with van der Waals surface area (Å²) < 4.78 is 0. The van der Waals surface area contributed by atoms with Crippen LogP contribution in [0.1, 0.15) is 68.6 Å². The number of fused-ring (bicyclic) bond motifs is 1. The molecule has 0 saturated heterocycles. The quantitative estimate of drug-likeness (QED) is 0.483. The summed E-state index contributed by atoms with van der Waals surface area (Å²) in [7, 11) is 0. The number of hydrogen-bond acceptors (Lipinski definition) is 3. The Labute approximate surface area is 126 Å². The molecule has 0 bridgehead atoms. The number of rotatable bonds is 9. The molecule has 21 heavy (non-hydrogen) atoms. The molecule has 3 heteroatoms. The Morgan fingerprint density at radius 3 is 2.48 bits per heavy atom. The Bertz CT molecular complexity index is 575. The number of unbranched alkanes of at least 4 members (excludes halogenated alkanes) is 6. The summed E-state index contributed by atoms with van der Waals surface area (Å²) in [5.41, 5.74) is 2.24. The molecule has 1 aromatic heterocycles. The summed E-state index contributed by atoms with van der Waals surface area (Å²) in [5.74, 6) is 0.189. The zero-order valence-corrected chi connectivity index (χ0v) is 12.8. The largest absolute Gasteiger partial charge is 0.294 e. The van der Waals surface area contributed by atoms with E-state index in [1.165, 1.54) is 32.1 Å². The molecule has 0 aliphatic heterocycles. The highest BCUT2D eigenvalue weighted by Gasteiger charge is 2.10. The van der Waals surface area contributed by atoms with Crippen LogP contribution < -0.4 is 0 Å². The molecule has 1 heterocycles. The second kappa shape index (κ2) is 8.50. The van der Waals surface area contributed by atoms with Crippen molar-refractivity contribution in [1.82, 2.24) is 9.97 Å². The molecule has 0 N–H and O–H groups in total. The van der Waals surface area contributed by atoms with Gasteiger partial charge in [-0.25, -0.2) is 0 Å². The number of hydrogen-bond donors (Lipinski definition) is 0. The fraction of sp³-hybridized carbons (Fsp3) is 0.500. The molecule has 0 unspecified atom stereocenters. The Morgan fingerprint density at radius 2 is 1.67 bits per heavy atom. The van der Waals surface area contributed by atoms with Crippen LogP contribution in [0.5, 0.6) is 0 Å². The monoisotopic (exact) mass is 284 g/mol. The van der Waals surface area contributed by atoms with Crippen molar-refractivity contribution < 1.29 is 4.79 Å². The molecule has 0 aliphatic rings. The van der Waals surface area contributed by atoms with Gasteiger partial charge in [0.25, 0.3) is 0 Å². The van der Waals surface area contributed by atoms with Crippen molar-refractivity contribution in [1.29, 1.82) is 0 Å². The van der Waals surface area contributed by atoms with Crippen LogP contribution in [0.15, 0.2) is 30.6 Å². The minimum absolute atomic E-state index is 0.189. The summed E-state index contributed by atoms with van der Waals surface area (Å²) >= 11 is 0. The van der Waals surface area contributed by atoms with Gasteiger partial charge >= 0.3 is 0 Å². The third kappa shape index (κ3) is 4.62. The predicted molar refractivity (Wildman–Crippen MR) is 86.5 cm³/mol. The first-order valence-electron chi connectivity index (χ1n) is 8.06. The van der Waals surface area contributed by atoms with E-state index in [2.05, 4.69) is 16.9 Å². The maximum Gasteiger partial charge on any atom is 0.165 e. The number of ketones is 1. The molecule has 2 aromatic rings. The van der Waals surface area contributed by atoms with E-state index in [4.69, 9.17) is 0 Å². The van der Waals surface area contributed by atoms with Crippen molar-refractivity contribution in [2.45, 2.75) is 58.3 Å². The molecule has 2 rings (SSSR count). The number of carbonyl (C=O) groups excluding carboxylic acids is 1. The van der Waals surface area contributed by atoms with E-state index in [0.29, 0.717) is 12.0 Å². The molecule has 0 aliphatic carbocycles. The van der Waals surface area contributed by atoms with Gasteiger partial charge in [-0.1, -0.05) is 51.5 Å². The second-order valence-electron chi connectivity index (χ2n) is 5.52. The number of benzene rings is 1. The van der Waals surface area contributed by atoms with Gasteiger partial charge in [0.15, 0.2) is 5.78 Å². The van der Waals surface area contributed by atoms with Crippen molar-refractivity contribution in [3.05, 3.63) is 36.2 Å². The van der Waals surface area contributed by atoms with Crippen LogP contribution in [0.2, 0.25) is 0 Å². The third-order valence-electron chi connectivity index (χ3n) is 3.81. The van der Waals surface area contributed by atoms with E-state index in [1.807, 2.05) is 18.2 Å². The average Bonchev–Trinajstić information content (AvgIpc) is 2.53. The number of carbonyl (C=O) groups is 1. The average molecular weight is 284 g/mol. The Balaban J connectivity index is 1.83. The molecule has 3 nitrogen and oxygen atoms in total. The summed E-state index contributed by atoms with van der Waals surface area (Å²) in [5, 5.41) is 0. The van der Waals surface area contributed by atoms with E-state index in [0.717, 1.165) is 23.9 Å². The van der Waals surface area contributed by atoms with Gasteiger partial charge in [-0.3, -0.25) is 14.8 Å². The van der Waals surface area contributed by atoms with Crippen molar-refractivity contribution in [3.8, 4) is 0 Å². The second-order valence-corrected chi connectivity index (χ2v) is 5.52. The summed E-state index contributed by atoms with van der Waals surface area (Å²) in [6, 6.07) is 5.64. The highest BCUT2D eigenvalue weighted by molar-refractivity contribution is 6.05. The third-order valence-corrected chi connectivity index (χ3v) is 3.81. The lowest BCUT2D eigenvalue weighted by molar-refractivity contribution is 0.0980. The molecule has 0 radical (unpaired) electrons. The van der Waals surface area contributed by atoms with Crippen LogP contribution in [-0.4, -0.2) is 15.8 Å². The minimum Gasteiger partial charge on any atom is -0.294 e. The lowest BCUT2D eigenvalue weighted by Gasteiger charge is -2.04. The number of nitrogens with zero attached hydrogens (tertiary/aromatic N) is 2. The lowest BCUT2D eigenvalue weighted by Crippen LogP contribution is -2.01. The van der Waals surface area contributed by atoms with E-state index in [1.54, 1.807) is 12.4 Å². The van der Waals surface area contributed by atoms with Gasteiger partial charge in [-0.05, 0) is 18.6 Å².